The topological polar surface area (TPSA) is 40.5 Å². The molecule has 0 saturated carbocycles. The van der Waals surface area contributed by atoms with Crippen LogP contribution in [0.2, 0.25) is 0 Å². The molecule has 0 fully saturated rings. The maximum Gasteiger partial charge on any atom is 0.335 e. The first-order valence-electron chi connectivity index (χ1n) is 6.93. The predicted octanol–water partition coefficient (Wildman–Crippen LogP) is 3.50. The molecule has 0 saturated heterocycles. The Balaban J connectivity index is 2.69. The van der Waals surface area contributed by atoms with E-state index in [1.54, 1.807) is 12.1 Å². The summed E-state index contributed by atoms with van der Waals surface area (Å²) in [6.07, 6.45) is 0. The highest BCUT2D eigenvalue weighted by Crippen LogP contribution is 2.11. The minimum Gasteiger partial charge on any atom is -0.478 e. The molecule has 0 aliphatic rings. The molecule has 0 bridgehead atoms. The summed E-state index contributed by atoms with van der Waals surface area (Å²) in [6, 6.07) is 7.19. The molecule has 1 aromatic rings. The SMILES string of the molecule is CC(C)CN(Cc1ccc(C(=O)O)cc1)CC(C)C. The average Bonchev–Trinajstić information content (AvgIpc) is 2.27. The van der Waals surface area contributed by atoms with Gasteiger partial charge in [0.15, 0.2) is 0 Å². The molecule has 3 nitrogen and oxygen atoms in total. The smallest absolute Gasteiger partial charge is 0.335 e. The summed E-state index contributed by atoms with van der Waals surface area (Å²) in [7, 11) is 0. The quantitative estimate of drug-likeness (QED) is 0.818. The Kier molecular flexibility index (Phi) is 6.03. The molecular weight excluding hydrogens is 238 g/mol. The highest BCUT2D eigenvalue weighted by Gasteiger charge is 2.10. The molecule has 0 radical (unpaired) electrons. The van der Waals surface area contributed by atoms with Crippen molar-refractivity contribution in [3.05, 3.63) is 35.4 Å². The second-order valence-electron chi connectivity index (χ2n) is 5.98. The average molecular weight is 263 g/mol. The molecule has 1 rings (SSSR count). The second kappa shape index (κ2) is 7.29. The van der Waals surface area contributed by atoms with Crippen LogP contribution in [0.4, 0.5) is 0 Å². The zero-order valence-corrected chi connectivity index (χ0v) is 12.4. The van der Waals surface area contributed by atoms with Gasteiger partial charge in [0.1, 0.15) is 0 Å². The van der Waals surface area contributed by atoms with Gasteiger partial charge in [0.05, 0.1) is 5.56 Å². The van der Waals surface area contributed by atoms with Crippen molar-refractivity contribution in [2.45, 2.75) is 34.2 Å². The lowest BCUT2D eigenvalue weighted by Crippen LogP contribution is -2.30. The maximum atomic E-state index is 10.8. The molecule has 3 heteroatoms. The third-order valence-corrected chi connectivity index (χ3v) is 2.85. The Hall–Kier alpha value is -1.35. The minimum absolute atomic E-state index is 0.350. The number of benzene rings is 1. The highest BCUT2D eigenvalue weighted by molar-refractivity contribution is 5.87. The van der Waals surface area contributed by atoms with E-state index in [4.69, 9.17) is 5.11 Å². The maximum absolute atomic E-state index is 10.8. The summed E-state index contributed by atoms with van der Waals surface area (Å²) in [4.78, 5) is 13.3. The first-order valence-corrected chi connectivity index (χ1v) is 6.93. The van der Waals surface area contributed by atoms with Crippen LogP contribution in [-0.2, 0) is 6.54 Å². The van der Waals surface area contributed by atoms with Crippen molar-refractivity contribution in [3.63, 3.8) is 0 Å². The lowest BCUT2D eigenvalue weighted by molar-refractivity contribution is 0.0697. The lowest BCUT2D eigenvalue weighted by Gasteiger charge is -2.26. The van der Waals surface area contributed by atoms with E-state index in [-0.39, 0.29) is 0 Å². The summed E-state index contributed by atoms with van der Waals surface area (Å²) in [5.41, 5.74) is 1.52. The number of hydrogen-bond acceptors (Lipinski definition) is 2. The minimum atomic E-state index is -0.868. The van der Waals surface area contributed by atoms with Gasteiger partial charge in [-0.05, 0) is 29.5 Å². The fourth-order valence-electron chi connectivity index (χ4n) is 2.25. The Labute approximate surface area is 116 Å². The molecule has 0 atom stereocenters. The third kappa shape index (κ3) is 5.88. The van der Waals surface area contributed by atoms with Gasteiger partial charge >= 0.3 is 5.97 Å². The number of carboxylic acids is 1. The van der Waals surface area contributed by atoms with Crippen molar-refractivity contribution in [1.82, 2.24) is 4.90 Å². The number of aromatic carboxylic acids is 1. The number of carboxylic acid groups (broad SMARTS) is 1. The van der Waals surface area contributed by atoms with Gasteiger partial charge in [-0.2, -0.15) is 0 Å². The Morgan fingerprint density at radius 2 is 1.53 bits per heavy atom. The van der Waals surface area contributed by atoms with Crippen LogP contribution in [0.15, 0.2) is 24.3 Å². The Bertz CT molecular complexity index is 386. The van der Waals surface area contributed by atoms with E-state index >= 15 is 0 Å². The van der Waals surface area contributed by atoms with E-state index in [9.17, 15) is 4.79 Å². The molecule has 1 N–H and O–H groups in total. The Morgan fingerprint density at radius 1 is 1.05 bits per heavy atom. The fraction of sp³-hybridized carbons (Fsp3) is 0.562. The summed E-state index contributed by atoms with van der Waals surface area (Å²) in [5, 5.41) is 8.89. The van der Waals surface area contributed by atoms with Crippen LogP contribution in [0.1, 0.15) is 43.6 Å². The predicted molar refractivity (Wildman–Crippen MR) is 78.4 cm³/mol. The van der Waals surface area contributed by atoms with E-state index in [0.717, 1.165) is 19.6 Å². The molecule has 0 aliphatic carbocycles. The summed E-state index contributed by atoms with van der Waals surface area (Å²) >= 11 is 0. The van der Waals surface area contributed by atoms with Gasteiger partial charge in [0.2, 0.25) is 0 Å². The van der Waals surface area contributed by atoms with Gasteiger partial charge in [-0.1, -0.05) is 39.8 Å². The van der Waals surface area contributed by atoms with Gasteiger partial charge < -0.3 is 5.11 Å². The van der Waals surface area contributed by atoms with E-state index in [1.165, 1.54) is 5.56 Å². The molecule has 0 heterocycles. The molecule has 0 unspecified atom stereocenters. The van der Waals surface area contributed by atoms with Gasteiger partial charge in [0, 0.05) is 19.6 Å². The van der Waals surface area contributed by atoms with Crippen LogP contribution in [-0.4, -0.2) is 29.1 Å². The molecule has 106 valence electrons. The van der Waals surface area contributed by atoms with Crippen LogP contribution in [0, 0.1) is 11.8 Å². The van der Waals surface area contributed by atoms with Crippen LogP contribution in [0.5, 0.6) is 0 Å². The highest BCUT2D eigenvalue weighted by atomic mass is 16.4. The van der Waals surface area contributed by atoms with Crippen molar-refractivity contribution >= 4 is 5.97 Å². The fourth-order valence-corrected chi connectivity index (χ4v) is 2.25. The number of rotatable bonds is 7. The summed E-state index contributed by atoms with van der Waals surface area (Å²) < 4.78 is 0. The van der Waals surface area contributed by atoms with Gasteiger partial charge in [-0.25, -0.2) is 4.79 Å². The monoisotopic (exact) mass is 263 g/mol. The van der Waals surface area contributed by atoms with Crippen molar-refractivity contribution in [1.29, 1.82) is 0 Å². The first-order chi connectivity index (χ1) is 8.88. The third-order valence-electron chi connectivity index (χ3n) is 2.85. The van der Waals surface area contributed by atoms with E-state index in [1.807, 2.05) is 12.1 Å². The zero-order chi connectivity index (χ0) is 14.4. The van der Waals surface area contributed by atoms with Gasteiger partial charge in [-0.3, -0.25) is 4.90 Å². The molecule has 19 heavy (non-hydrogen) atoms. The van der Waals surface area contributed by atoms with Crippen molar-refractivity contribution < 1.29 is 9.90 Å². The zero-order valence-electron chi connectivity index (χ0n) is 12.4. The van der Waals surface area contributed by atoms with E-state index < -0.39 is 5.97 Å². The number of carbonyl (C=O) groups is 1. The molecule has 0 spiro atoms. The second-order valence-corrected chi connectivity index (χ2v) is 5.98. The van der Waals surface area contributed by atoms with E-state index in [2.05, 4.69) is 32.6 Å². The van der Waals surface area contributed by atoms with Crippen molar-refractivity contribution in [2.75, 3.05) is 13.1 Å². The van der Waals surface area contributed by atoms with Gasteiger partial charge in [0.25, 0.3) is 0 Å². The molecule has 0 amide bonds. The number of hydrogen-bond donors (Lipinski definition) is 1. The van der Waals surface area contributed by atoms with Gasteiger partial charge in [-0.15, -0.1) is 0 Å². The van der Waals surface area contributed by atoms with E-state index in [0.29, 0.717) is 17.4 Å². The first kappa shape index (κ1) is 15.7. The molecular formula is C16H25NO2. The lowest BCUT2D eigenvalue weighted by atomic mass is 10.1. The standard InChI is InChI=1S/C16H25NO2/c1-12(2)9-17(10-13(3)4)11-14-5-7-15(8-6-14)16(18)19/h5-8,12-13H,9-11H2,1-4H3,(H,18,19). The van der Waals surface area contributed by atoms with Crippen molar-refractivity contribution in [2.24, 2.45) is 11.8 Å². The van der Waals surface area contributed by atoms with Crippen LogP contribution in [0.25, 0.3) is 0 Å². The molecule has 0 aromatic heterocycles. The number of nitrogens with zero attached hydrogens (tertiary/aromatic N) is 1. The summed E-state index contributed by atoms with van der Waals surface area (Å²) in [5.74, 6) is 0.404. The van der Waals surface area contributed by atoms with Crippen molar-refractivity contribution in [3.8, 4) is 0 Å². The molecule has 1 aromatic carbocycles. The van der Waals surface area contributed by atoms with Crippen LogP contribution >= 0.6 is 0 Å². The summed E-state index contributed by atoms with van der Waals surface area (Å²) in [6.45, 7) is 11.9. The van der Waals surface area contributed by atoms with Crippen LogP contribution < -0.4 is 0 Å². The Morgan fingerprint density at radius 3 is 1.89 bits per heavy atom. The largest absolute Gasteiger partial charge is 0.478 e. The molecule has 0 aliphatic heterocycles. The van der Waals surface area contributed by atoms with Crippen LogP contribution in [0.3, 0.4) is 0 Å². The normalized spacial score (nSPS) is 11.5.